The Bertz CT molecular complexity index is 725. The summed E-state index contributed by atoms with van der Waals surface area (Å²) in [5.74, 6) is 0.452. The summed E-state index contributed by atoms with van der Waals surface area (Å²) in [6.45, 7) is 3.04. The smallest absolute Gasteiger partial charge is 0.254 e. The second kappa shape index (κ2) is 6.52. The molecule has 0 fully saturated rings. The third-order valence-electron chi connectivity index (χ3n) is 3.68. The summed E-state index contributed by atoms with van der Waals surface area (Å²) in [7, 11) is 0. The van der Waals surface area contributed by atoms with Crippen molar-refractivity contribution in [3.8, 4) is 5.75 Å². The first kappa shape index (κ1) is 15.1. The monoisotopic (exact) mass is 310 g/mol. The second-order valence-corrected chi connectivity index (χ2v) is 5.32. The van der Waals surface area contributed by atoms with Crippen molar-refractivity contribution < 1.29 is 14.3 Å². The van der Waals surface area contributed by atoms with E-state index in [1.54, 1.807) is 35.2 Å². The molecule has 1 N–H and O–H groups in total. The number of hydrogen-bond donors (Lipinski definition) is 1. The van der Waals surface area contributed by atoms with Crippen molar-refractivity contribution in [3.05, 3.63) is 59.7 Å². The molecule has 0 aliphatic carbocycles. The summed E-state index contributed by atoms with van der Waals surface area (Å²) in [6, 6.07) is 14.6. The van der Waals surface area contributed by atoms with E-state index in [1.807, 2.05) is 25.1 Å². The lowest BCUT2D eigenvalue weighted by molar-refractivity contribution is -0.116. The van der Waals surface area contributed by atoms with Gasteiger partial charge in [-0.15, -0.1) is 0 Å². The van der Waals surface area contributed by atoms with E-state index in [0.717, 1.165) is 11.3 Å². The Morgan fingerprint density at radius 1 is 1.17 bits per heavy atom. The Morgan fingerprint density at radius 2 is 1.91 bits per heavy atom. The molecule has 0 atom stereocenters. The second-order valence-electron chi connectivity index (χ2n) is 5.32. The molecule has 0 spiro atoms. The van der Waals surface area contributed by atoms with Gasteiger partial charge >= 0.3 is 0 Å². The highest BCUT2D eigenvalue weighted by atomic mass is 16.5. The molecule has 1 aliphatic rings. The summed E-state index contributed by atoms with van der Waals surface area (Å²) in [6.07, 6.45) is 0. The van der Waals surface area contributed by atoms with Gasteiger partial charge < -0.3 is 15.0 Å². The van der Waals surface area contributed by atoms with E-state index in [9.17, 15) is 9.59 Å². The SMILES string of the molecule is CCOc1ccc(NC(=O)CN2Cc3ccccc3C2=O)cc1. The summed E-state index contributed by atoms with van der Waals surface area (Å²) < 4.78 is 5.36. The predicted molar refractivity (Wildman–Crippen MR) is 87.4 cm³/mol. The Morgan fingerprint density at radius 3 is 2.61 bits per heavy atom. The Kier molecular flexibility index (Phi) is 4.28. The van der Waals surface area contributed by atoms with Crippen LogP contribution in [0.3, 0.4) is 0 Å². The van der Waals surface area contributed by atoms with E-state index < -0.39 is 0 Å². The third kappa shape index (κ3) is 3.34. The molecule has 1 heterocycles. The van der Waals surface area contributed by atoms with Crippen LogP contribution in [0.1, 0.15) is 22.8 Å². The van der Waals surface area contributed by atoms with E-state index in [2.05, 4.69) is 5.32 Å². The summed E-state index contributed by atoms with van der Waals surface area (Å²) >= 11 is 0. The molecular weight excluding hydrogens is 292 g/mol. The molecule has 2 aromatic rings. The Balaban J connectivity index is 1.59. The Labute approximate surface area is 134 Å². The fourth-order valence-corrected chi connectivity index (χ4v) is 2.62. The van der Waals surface area contributed by atoms with Crippen LogP contribution in [0.15, 0.2) is 48.5 Å². The molecular formula is C18H18N2O3. The molecule has 0 saturated carbocycles. The molecule has 23 heavy (non-hydrogen) atoms. The van der Waals surface area contributed by atoms with Gasteiger partial charge in [-0.1, -0.05) is 18.2 Å². The summed E-state index contributed by atoms with van der Waals surface area (Å²) in [5.41, 5.74) is 2.33. The molecule has 2 aromatic carbocycles. The molecule has 3 rings (SSSR count). The van der Waals surface area contributed by atoms with Crippen molar-refractivity contribution in [2.24, 2.45) is 0 Å². The molecule has 5 nitrogen and oxygen atoms in total. The molecule has 0 radical (unpaired) electrons. The van der Waals surface area contributed by atoms with Gasteiger partial charge in [-0.3, -0.25) is 9.59 Å². The van der Waals surface area contributed by atoms with Crippen LogP contribution in [0, 0.1) is 0 Å². The maximum Gasteiger partial charge on any atom is 0.254 e. The number of nitrogens with one attached hydrogen (secondary N) is 1. The van der Waals surface area contributed by atoms with E-state index in [0.29, 0.717) is 24.4 Å². The molecule has 1 aliphatic heterocycles. The lowest BCUT2D eigenvalue weighted by atomic mass is 10.1. The van der Waals surface area contributed by atoms with Crippen molar-refractivity contribution in [1.29, 1.82) is 0 Å². The number of hydrogen-bond acceptors (Lipinski definition) is 3. The quantitative estimate of drug-likeness (QED) is 0.923. The van der Waals surface area contributed by atoms with E-state index in [4.69, 9.17) is 4.74 Å². The minimum absolute atomic E-state index is 0.0424. The average molecular weight is 310 g/mol. The predicted octanol–water partition coefficient (Wildman–Crippen LogP) is 2.68. The number of fused-ring (bicyclic) bond motifs is 1. The van der Waals surface area contributed by atoms with Crippen LogP contribution < -0.4 is 10.1 Å². The number of anilines is 1. The molecule has 0 saturated heterocycles. The van der Waals surface area contributed by atoms with Gasteiger partial charge in [0.25, 0.3) is 5.91 Å². The van der Waals surface area contributed by atoms with Gasteiger partial charge in [0.1, 0.15) is 12.3 Å². The van der Waals surface area contributed by atoms with E-state index in [-0.39, 0.29) is 18.4 Å². The maximum absolute atomic E-state index is 12.2. The summed E-state index contributed by atoms with van der Waals surface area (Å²) in [5, 5.41) is 2.80. The molecule has 5 heteroatoms. The van der Waals surface area contributed by atoms with Crippen molar-refractivity contribution in [1.82, 2.24) is 4.90 Å². The maximum atomic E-state index is 12.2. The fraction of sp³-hybridized carbons (Fsp3) is 0.222. The van der Waals surface area contributed by atoms with Crippen LogP contribution in [0.5, 0.6) is 5.75 Å². The molecule has 0 bridgehead atoms. The lowest BCUT2D eigenvalue weighted by Gasteiger charge is -2.15. The first-order valence-electron chi connectivity index (χ1n) is 7.57. The van der Waals surface area contributed by atoms with Crippen LogP contribution >= 0.6 is 0 Å². The van der Waals surface area contributed by atoms with Crippen LogP contribution in [-0.4, -0.2) is 29.9 Å². The number of amides is 2. The minimum atomic E-state index is -0.213. The number of benzene rings is 2. The molecule has 0 unspecified atom stereocenters. The normalized spacial score (nSPS) is 12.9. The van der Waals surface area contributed by atoms with Crippen molar-refractivity contribution in [2.75, 3.05) is 18.5 Å². The van der Waals surface area contributed by atoms with Crippen LogP contribution in [0.25, 0.3) is 0 Å². The largest absolute Gasteiger partial charge is 0.494 e. The van der Waals surface area contributed by atoms with Gasteiger partial charge in [0.15, 0.2) is 0 Å². The number of ether oxygens (including phenoxy) is 1. The van der Waals surface area contributed by atoms with Gasteiger partial charge in [0.05, 0.1) is 6.61 Å². The fourth-order valence-electron chi connectivity index (χ4n) is 2.62. The number of carbonyl (C=O) groups is 2. The first-order chi connectivity index (χ1) is 11.2. The molecule has 0 aromatic heterocycles. The standard InChI is InChI=1S/C18H18N2O3/c1-2-23-15-9-7-14(8-10-15)19-17(21)12-20-11-13-5-3-4-6-16(13)18(20)22/h3-10H,2,11-12H2,1H3,(H,19,21). The van der Waals surface area contributed by atoms with Gasteiger partial charge in [-0.05, 0) is 42.8 Å². The zero-order valence-corrected chi connectivity index (χ0v) is 12.9. The zero-order valence-electron chi connectivity index (χ0n) is 12.9. The summed E-state index contributed by atoms with van der Waals surface area (Å²) in [4.78, 5) is 25.9. The highest BCUT2D eigenvalue weighted by Gasteiger charge is 2.28. The van der Waals surface area contributed by atoms with Crippen LogP contribution in [0.2, 0.25) is 0 Å². The topological polar surface area (TPSA) is 58.6 Å². The van der Waals surface area contributed by atoms with Crippen molar-refractivity contribution >= 4 is 17.5 Å². The zero-order chi connectivity index (χ0) is 16.2. The van der Waals surface area contributed by atoms with Gasteiger partial charge in [-0.2, -0.15) is 0 Å². The average Bonchev–Trinajstić information content (AvgIpc) is 2.86. The minimum Gasteiger partial charge on any atom is -0.494 e. The number of rotatable bonds is 5. The number of nitrogens with zero attached hydrogens (tertiary/aromatic N) is 1. The lowest BCUT2D eigenvalue weighted by Crippen LogP contribution is -2.33. The van der Waals surface area contributed by atoms with Crippen LogP contribution in [0.4, 0.5) is 5.69 Å². The van der Waals surface area contributed by atoms with E-state index in [1.165, 1.54) is 0 Å². The highest BCUT2D eigenvalue weighted by Crippen LogP contribution is 2.22. The van der Waals surface area contributed by atoms with Crippen LogP contribution in [-0.2, 0) is 11.3 Å². The van der Waals surface area contributed by atoms with Gasteiger partial charge in [0.2, 0.25) is 5.91 Å². The molecule has 2 amide bonds. The van der Waals surface area contributed by atoms with Crippen molar-refractivity contribution in [3.63, 3.8) is 0 Å². The number of carbonyl (C=O) groups excluding carboxylic acids is 2. The van der Waals surface area contributed by atoms with E-state index >= 15 is 0 Å². The highest BCUT2D eigenvalue weighted by molar-refractivity contribution is 6.02. The van der Waals surface area contributed by atoms with Gasteiger partial charge in [0, 0.05) is 17.8 Å². The third-order valence-corrected chi connectivity index (χ3v) is 3.68. The Hall–Kier alpha value is -2.82. The van der Waals surface area contributed by atoms with Gasteiger partial charge in [-0.25, -0.2) is 0 Å². The first-order valence-corrected chi connectivity index (χ1v) is 7.57. The van der Waals surface area contributed by atoms with Crippen molar-refractivity contribution in [2.45, 2.75) is 13.5 Å². The molecule has 118 valence electrons.